The lowest BCUT2D eigenvalue weighted by atomic mass is 9.84. The molecule has 3 rings (SSSR count). The van der Waals surface area contributed by atoms with Crippen LogP contribution in [0.2, 0.25) is 0 Å². The summed E-state index contributed by atoms with van der Waals surface area (Å²) in [4.78, 5) is 2.67. The Morgan fingerprint density at radius 1 is 1.37 bits per heavy atom. The Morgan fingerprint density at radius 3 is 3.00 bits per heavy atom. The lowest BCUT2D eigenvalue weighted by Gasteiger charge is -2.49. The first-order valence-electron chi connectivity index (χ1n) is 7.71. The zero-order chi connectivity index (χ0) is 13.1. The van der Waals surface area contributed by atoms with Gasteiger partial charge >= 0.3 is 0 Å². The molecule has 0 saturated carbocycles. The summed E-state index contributed by atoms with van der Waals surface area (Å²) < 4.78 is 6.21. The molecule has 19 heavy (non-hydrogen) atoms. The largest absolute Gasteiger partial charge is 0.375 e. The minimum atomic E-state index is 0.193. The molecule has 0 aliphatic carbocycles. The fourth-order valence-electron chi connectivity index (χ4n) is 3.85. The van der Waals surface area contributed by atoms with Crippen molar-refractivity contribution in [2.75, 3.05) is 44.3 Å². The van der Waals surface area contributed by atoms with Gasteiger partial charge in [0, 0.05) is 44.9 Å². The van der Waals surface area contributed by atoms with Gasteiger partial charge in [-0.1, -0.05) is 0 Å². The molecule has 3 aliphatic heterocycles. The second-order valence-corrected chi connectivity index (χ2v) is 7.35. The predicted molar refractivity (Wildman–Crippen MR) is 80.7 cm³/mol. The molecule has 5 heteroatoms. The maximum absolute atomic E-state index is 6.21. The van der Waals surface area contributed by atoms with Crippen LogP contribution in [0.4, 0.5) is 0 Å². The molecule has 0 aromatic heterocycles. The molecule has 4 nitrogen and oxygen atoms in total. The van der Waals surface area contributed by atoms with Crippen molar-refractivity contribution in [3.63, 3.8) is 0 Å². The molecule has 0 amide bonds. The maximum Gasteiger partial charge on any atom is 0.0713 e. The van der Waals surface area contributed by atoms with Crippen molar-refractivity contribution in [1.29, 1.82) is 0 Å². The van der Waals surface area contributed by atoms with Gasteiger partial charge in [0.15, 0.2) is 0 Å². The molecule has 1 spiro atoms. The zero-order valence-corrected chi connectivity index (χ0v) is 12.6. The fourth-order valence-corrected chi connectivity index (χ4v) is 5.09. The fraction of sp³-hybridized carbons (Fsp3) is 1.00. The van der Waals surface area contributed by atoms with Crippen molar-refractivity contribution in [3.05, 3.63) is 0 Å². The van der Waals surface area contributed by atoms with E-state index in [2.05, 4.69) is 22.0 Å². The van der Waals surface area contributed by atoms with Crippen LogP contribution in [-0.2, 0) is 4.74 Å². The van der Waals surface area contributed by atoms with Crippen molar-refractivity contribution in [3.8, 4) is 0 Å². The van der Waals surface area contributed by atoms with Crippen molar-refractivity contribution in [2.24, 2.45) is 5.73 Å². The first kappa shape index (κ1) is 14.1. The maximum atomic E-state index is 6.21. The molecule has 3 N–H and O–H groups in total. The van der Waals surface area contributed by atoms with Gasteiger partial charge in [0.05, 0.1) is 5.60 Å². The molecule has 3 heterocycles. The lowest BCUT2D eigenvalue weighted by Crippen LogP contribution is -2.60. The van der Waals surface area contributed by atoms with Crippen LogP contribution < -0.4 is 11.1 Å². The highest BCUT2D eigenvalue weighted by molar-refractivity contribution is 7.99. The van der Waals surface area contributed by atoms with Gasteiger partial charge in [-0.3, -0.25) is 4.90 Å². The van der Waals surface area contributed by atoms with E-state index in [9.17, 15) is 0 Å². The Bertz CT molecular complexity index is 291. The SMILES string of the molecule is NCC1CNCCN1C1CCOC2(CCSCC2)C1. The van der Waals surface area contributed by atoms with Crippen LogP contribution in [0.15, 0.2) is 0 Å². The van der Waals surface area contributed by atoms with Gasteiger partial charge in [0.2, 0.25) is 0 Å². The van der Waals surface area contributed by atoms with Gasteiger partial charge < -0.3 is 15.8 Å². The number of hydrogen-bond donors (Lipinski definition) is 2. The summed E-state index contributed by atoms with van der Waals surface area (Å²) in [7, 11) is 0. The highest BCUT2D eigenvalue weighted by atomic mass is 32.2. The van der Waals surface area contributed by atoms with Gasteiger partial charge in [-0.25, -0.2) is 0 Å². The molecular weight excluding hydrogens is 258 g/mol. The smallest absolute Gasteiger partial charge is 0.0713 e. The van der Waals surface area contributed by atoms with Crippen LogP contribution in [0.1, 0.15) is 25.7 Å². The van der Waals surface area contributed by atoms with E-state index in [0.717, 1.165) is 32.8 Å². The zero-order valence-electron chi connectivity index (χ0n) is 11.8. The Hall–Kier alpha value is 0.190. The Morgan fingerprint density at radius 2 is 2.21 bits per heavy atom. The lowest BCUT2D eigenvalue weighted by molar-refractivity contribution is -0.116. The van der Waals surface area contributed by atoms with Gasteiger partial charge in [-0.15, -0.1) is 0 Å². The van der Waals surface area contributed by atoms with Crippen LogP contribution in [0, 0.1) is 0 Å². The Kier molecular flexibility index (Phi) is 4.70. The Balaban J connectivity index is 1.66. The first-order valence-corrected chi connectivity index (χ1v) is 8.87. The molecule has 110 valence electrons. The second kappa shape index (κ2) is 6.31. The van der Waals surface area contributed by atoms with E-state index in [1.807, 2.05) is 0 Å². The third-order valence-corrected chi connectivity index (χ3v) is 5.99. The van der Waals surface area contributed by atoms with Crippen LogP contribution in [0.5, 0.6) is 0 Å². The summed E-state index contributed by atoms with van der Waals surface area (Å²) >= 11 is 2.08. The van der Waals surface area contributed by atoms with E-state index in [1.54, 1.807) is 0 Å². The molecule has 2 atom stereocenters. The second-order valence-electron chi connectivity index (χ2n) is 6.12. The quantitative estimate of drug-likeness (QED) is 0.781. The summed E-state index contributed by atoms with van der Waals surface area (Å²) in [5.74, 6) is 2.54. The number of nitrogens with zero attached hydrogens (tertiary/aromatic N) is 1. The molecule has 2 unspecified atom stereocenters. The summed E-state index contributed by atoms with van der Waals surface area (Å²) in [6.45, 7) is 5.02. The topological polar surface area (TPSA) is 50.5 Å². The number of rotatable bonds is 2. The monoisotopic (exact) mass is 285 g/mol. The molecule has 3 aliphatic rings. The van der Waals surface area contributed by atoms with Crippen molar-refractivity contribution >= 4 is 11.8 Å². The number of ether oxygens (including phenoxy) is 1. The van der Waals surface area contributed by atoms with Gasteiger partial charge in [0.1, 0.15) is 0 Å². The minimum absolute atomic E-state index is 0.193. The third kappa shape index (κ3) is 3.10. The average Bonchev–Trinajstić information content (AvgIpc) is 2.48. The van der Waals surface area contributed by atoms with E-state index in [4.69, 9.17) is 10.5 Å². The molecular formula is C14H27N3OS. The summed E-state index contributed by atoms with van der Waals surface area (Å²) in [6, 6.07) is 1.21. The number of piperazine rings is 1. The highest BCUT2D eigenvalue weighted by Gasteiger charge is 2.41. The van der Waals surface area contributed by atoms with Gasteiger partial charge in [-0.05, 0) is 37.2 Å². The predicted octanol–water partition coefficient (Wildman–Crippen LogP) is 0.664. The standard InChI is InChI=1S/C14H27N3OS/c15-10-13-11-16-4-5-17(13)12-1-6-18-14(9-12)2-7-19-8-3-14/h12-13,16H,1-11,15H2. The van der Waals surface area contributed by atoms with Crippen LogP contribution >= 0.6 is 11.8 Å². The average molecular weight is 285 g/mol. The molecule has 0 bridgehead atoms. The van der Waals surface area contributed by atoms with Crippen LogP contribution in [0.3, 0.4) is 0 Å². The molecule has 0 radical (unpaired) electrons. The Labute approximate surface area is 120 Å². The minimum Gasteiger partial charge on any atom is -0.375 e. The molecule has 3 fully saturated rings. The van der Waals surface area contributed by atoms with Crippen LogP contribution in [-0.4, -0.2) is 66.9 Å². The van der Waals surface area contributed by atoms with Gasteiger partial charge in [0.25, 0.3) is 0 Å². The summed E-state index contributed by atoms with van der Waals surface area (Å²) in [5, 5.41) is 3.47. The van der Waals surface area contributed by atoms with E-state index < -0.39 is 0 Å². The van der Waals surface area contributed by atoms with E-state index >= 15 is 0 Å². The van der Waals surface area contributed by atoms with Gasteiger partial charge in [-0.2, -0.15) is 11.8 Å². The summed E-state index contributed by atoms with van der Waals surface area (Å²) in [5.41, 5.74) is 6.15. The number of thioether (sulfide) groups is 1. The highest BCUT2D eigenvalue weighted by Crippen LogP contribution is 2.39. The normalized spacial score (nSPS) is 36.5. The molecule has 0 aromatic carbocycles. The van der Waals surface area contributed by atoms with E-state index in [0.29, 0.717) is 12.1 Å². The van der Waals surface area contributed by atoms with Crippen molar-refractivity contribution < 1.29 is 4.74 Å². The third-order valence-electron chi connectivity index (χ3n) is 5.01. The molecule has 3 saturated heterocycles. The number of nitrogens with one attached hydrogen (secondary N) is 1. The van der Waals surface area contributed by atoms with Crippen molar-refractivity contribution in [2.45, 2.75) is 43.4 Å². The summed E-state index contributed by atoms with van der Waals surface area (Å²) in [6.07, 6.45) is 4.90. The van der Waals surface area contributed by atoms with E-state index in [-0.39, 0.29) is 5.60 Å². The number of hydrogen-bond acceptors (Lipinski definition) is 5. The van der Waals surface area contributed by atoms with Crippen molar-refractivity contribution in [1.82, 2.24) is 10.2 Å². The number of nitrogens with two attached hydrogens (primary N) is 1. The first-order chi connectivity index (χ1) is 9.33. The van der Waals surface area contributed by atoms with E-state index in [1.165, 1.54) is 37.2 Å². The van der Waals surface area contributed by atoms with Crippen LogP contribution in [0.25, 0.3) is 0 Å². The molecule has 0 aromatic rings.